The van der Waals surface area contributed by atoms with Gasteiger partial charge in [0.15, 0.2) is 11.7 Å². The molecule has 0 saturated carbocycles. The van der Waals surface area contributed by atoms with Crippen molar-refractivity contribution in [3.63, 3.8) is 0 Å². The molecule has 1 aliphatic rings. The van der Waals surface area contributed by atoms with Gasteiger partial charge in [0.2, 0.25) is 0 Å². The fraction of sp³-hybridized carbons (Fsp3) is 0.474. The van der Waals surface area contributed by atoms with Crippen molar-refractivity contribution in [2.45, 2.75) is 19.6 Å². The van der Waals surface area contributed by atoms with Crippen LogP contribution in [0.2, 0.25) is 0 Å². The van der Waals surface area contributed by atoms with Crippen LogP contribution in [0.1, 0.15) is 17.6 Å². The topological polar surface area (TPSA) is 53.0 Å². The Morgan fingerprint density at radius 2 is 1.93 bits per heavy atom. The minimum atomic E-state index is -4.42. The number of nitrogens with one attached hydrogen (secondary N) is 1. The molecule has 30 heavy (non-hydrogen) atoms. The van der Waals surface area contributed by atoms with Crippen LogP contribution >= 0.6 is 35.3 Å². The standard InChI is InChI=1S/C19H24F3N5OS.HI/c1-3-23-18(24-12-17-25-16(13-29-17)19(20,21)22)27-10-8-26(9-11-27)14-6-4-5-7-15(14)28-2;/h4-7,13H,3,8-12H2,1-2H3,(H,23,24);1H. The maximum Gasteiger partial charge on any atom is 0.434 e. The zero-order valence-electron chi connectivity index (χ0n) is 16.8. The summed E-state index contributed by atoms with van der Waals surface area (Å²) >= 11 is 0.978. The highest BCUT2D eigenvalue weighted by Crippen LogP contribution is 2.30. The van der Waals surface area contributed by atoms with Gasteiger partial charge in [0.25, 0.3) is 0 Å². The molecule has 0 atom stereocenters. The molecule has 1 fully saturated rings. The van der Waals surface area contributed by atoms with Gasteiger partial charge < -0.3 is 19.9 Å². The molecule has 0 bridgehead atoms. The number of anilines is 1. The van der Waals surface area contributed by atoms with Gasteiger partial charge in [-0.05, 0) is 19.1 Å². The van der Waals surface area contributed by atoms with Gasteiger partial charge in [0, 0.05) is 38.1 Å². The second kappa shape index (κ2) is 11.0. The number of halogens is 4. The van der Waals surface area contributed by atoms with E-state index >= 15 is 0 Å². The van der Waals surface area contributed by atoms with Gasteiger partial charge in [-0.15, -0.1) is 35.3 Å². The van der Waals surface area contributed by atoms with Crippen molar-refractivity contribution in [2.75, 3.05) is 44.7 Å². The number of para-hydroxylation sites is 2. The number of nitrogens with zero attached hydrogens (tertiary/aromatic N) is 4. The normalized spacial score (nSPS) is 15.0. The lowest BCUT2D eigenvalue weighted by Crippen LogP contribution is -2.52. The number of guanidine groups is 1. The van der Waals surface area contributed by atoms with Crippen LogP contribution in [0.15, 0.2) is 34.6 Å². The Bertz CT molecular complexity index is 838. The first-order chi connectivity index (χ1) is 13.9. The molecule has 1 N–H and O–H groups in total. The van der Waals surface area contributed by atoms with Crippen molar-refractivity contribution >= 4 is 47.0 Å². The van der Waals surface area contributed by atoms with E-state index in [-0.39, 0.29) is 30.5 Å². The first-order valence-electron chi connectivity index (χ1n) is 9.35. The van der Waals surface area contributed by atoms with Crippen LogP contribution < -0.4 is 15.0 Å². The molecule has 2 heterocycles. The summed E-state index contributed by atoms with van der Waals surface area (Å²) in [5.74, 6) is 1.53. The van der Waals surface area contributed by atoms with Crippen molar-refractivity contribution in [2.24, 2.45) is 4.99 Å². The Hall–Kier alpha value is -1.76. The highest BCUT2D eigenvalue weighted by molar-refractivity contribution is 14.0. The van der Waals surface area contributed by atoms with Crippen molar-refractivity contribution < 1.29 is 17.9 Å². The molecule has 0 radical (unpaired) electrons. The van der Waals surface area contributed by atoms with E-state index in [2.05, 4.69) is 25.1 Å². The third kappa shape index (κ3) is 6.13. The van der Waals surface area contributed by atoms with Gasteiger partial charge >= 0.3 is 6.18 Å². The highest BCUT2D eigenvalue weighted by atomic mass is 127. The highest BCUT2D eigenvalue weighted by Gasteiger charge is 2.33. The number of piperazine rings is 1. The van der Waals surface area contributed by atoms with Crippen molar-refractivity contribution in [3.8, 4) is 5.75 Å². The number of alkyl halides is 3. The van der Waals surface area contributed by atoms with E-state index < -0.39 is 11.9 Å². The summed E-state index contributed by atoms with van der Waals surface area (Å²) in [6.45, 7) is 5.84. The van der Waals surface area contributed by atoms with Crippen LogP contribution in [0, 0.1) is 0 Å². The number of hydrogen-bond donors (Lipinski definition) is 1. The molecule has 1 aliphatic heterocycles. The summed E-state index contributed by atoms with van der Waals surface area (Å²) in [6, 6.07) is 7.90. The van der Waals surface area contributed by atoms with Gasteiger partial charge in [-0.3, -0.25) is 0 Å². The molecule has 1 aromatic heterocycles. The summed E-state index contributed by atoms with van der Waals surface area (Å²) in [6.07, 6.45) is -4.42. The maximum atomic E-state index is 12.7. The smallest absolute Gasteiger partial charge is 0.434 e. The molecule has 166 valence electrons. The Balaban J connectivity index is 0.00000320. The third-order valence-corrected chi connectivity index (χ3v) is 5.38. The first-order valence-corrected chi connectivity index (χ1v) is 10.2. The fourth-order valence-corrected chi connectivity index (χ4v) is 3.86. The summed E-state index contributed by atoms with van der Waals surface area (Å²) in [7, 11) is 1.66. The van der Waals surface area contributed by atoms with Crippen LogP contribution in [-0.2, 0) is 12.7 Å². The molecule has 6 nitrogen and oxygen atoms in total. The van der Waals surface area contributed by atoms with Crippen LogP contribution in [0.5, 0.6) is 5.75 Å². The Kier molecular flexibility index (Phi) is 9.01. The zero-order chi connectivity index (χ0) is 20.9. The molecular formula is C19H25F3IN5OS. The van der Waals surface area contributed by atoms with E-state index in [1.807, 2.05) is 31.2 Å². The van der Waals surface area contributed by atoms with Crippen LogP contribution in [-0.4, -0.2) is 55.7 Å². The summed E-state index contributed by atoms with van der Waals surface area (Å²) in [5.41, 5.74) is 0.196. The lowest BCUT2D eigenvalue weighted by molar-refractivity contribution is -0.140. The van der Waals surface area contributed by atoms with Crippen LogP contribution in [0.25, 0.3) is 0 Å². The average Bonchev–Trinajstić information content (AvgIpc) is 3.21. The predicted molar refractivity (Wildman–Crippen MR) is 124 cm³/mol. The number of benzene rings is 1. The van der Waals surface area contributed by atoms with Gasteiger partial charge in [-0.1, -0.05) is 12.1 Å². The van der Waals surface area contributed by atoms with Crippen molar-refractivity contribution in [3.05, 3.63) is 40.3 Å². The lowest BCUT2D eigenvalue weighted by Gasteiger charge is -2.38. The minimum Gasteiger partial charge on any atom is -0.495 e. The molecular weight excluding hydrogens is 530 g/mol. The minimum absolute atomic E-state index is 0. The predicted octanol–water partition coefficient (Wildman–Crippen LogP) is 4.08. The van der Waals surface area contributed by atoms with E-state index in [1.54, 1.807) is 7.11 Å². The van der Waals surface area contributed by atoms with Crippen LogP contribution in [0.3, 0.4) is 0 Å². The fourth-order valence-electron chi connectivity index (χ4n) is 3.13. The number of thiazole rings is 1. The molecule has 3 rings (SSSR count). The number of methoxy groups -OCH3 is 1. The number of rotatable bonds is 5. The van der Waals surface area contributed by atoms with E-state index in [4.69, 9.17) is 4.74 Å². The summed E-state index contributed by atoms with van der Waals surface area (Å²) in [4.78, 5) is 12.5. The molecule has 1 aromatic carbocycles. The van der Waals surface area contributed by atoms with E-state index in [9.17, 15) is 13.2 Å². The lowest BCUT2D eigenvalue weighted by atomic mass is 10.2. The molecule has 2 aromatic rings. The van der Waals surface area contributed by atoms with Gasteiger partial charge in [-0.25, -0.2) is 9.98 Å². The number of hydrogen-bond acceptors (Lipinski definition) is 5. The average molecular weight is 555 g/mol. The van der Waals surface area contributed by atoms with Gasteiger partial charge in [0.05, 0.1) is 19.3 Å². The largest absolute Gasteiger partial charge is 0.495 e. The van der Waals surface area contributed by atoms with E-state index in [0.29, 0.717) is 17.5 Å². The first kappa shape index (κ1) is 24.5. The SMILES string of the molecule is CCNC(=NCc1nc(C(F)(F)F)cs1)N1CCN(c2ccccc2OC)CC1.I. The second-order valence-electron chi connectivity index (χ2n) is 6.44. The Labute approximate surface area is 195 Å². The summed E-state index contributed by atoms with van der Waals surface area (Å²) < 4.78 is 43.6. The quantitative estimate of drug-likeness (QED) is 0.343. The maximum absolute atomic E-state index is 12.7. The molecule has 0 unspecified atom stereocenters. The van der Waals surface area contributed by atoms with E-state index in [0.717, 1.165) is 54.3 Å². The molecule has 0 amide bonds. The number of ether oxygens (including phenoxy) is 1. The number of aliphatic imine (C=N–C) groups is 1. The number of aromatic nitrogens is 1. The summed E-state index contributed by atoms with van der Waals surface area (Å²) in [5, 5.41) is 4.60. The monoisotopic (exact) mass is 555 g/mol. The van der Waals surface area contributed by atoms with Crippen molar-refractivity contribution in [1.29, 1.82) is 0 Å². The Morgan fingerprint density at radius 3 is 2.53 bits per heavy atom. The molecule has 0 aliphatic carbocycles. The zero-order valence-corrected chi connectivity index (χ0v) is 19.9. The second-order valence-corrected chi connectivity index (χ2v) is 7.38. The van der Waals surface area contributed by atoms with Crippen LogP contribution in [0.4, 0.5) is 18.9 Å². The van der Waals surface area contributed by atoms with Gasteiger partial charge in [0.1, 0.15) is 10.8 Å². The molecule has 11 heteroatoms. The molecule has 0 spiro atoms. The molecule has 1 saturated heterocycles. The Morgan fingerprint density at radius 1 is 1.23 bits per heavy atom. The third-order valence-electron chi connectivity index (χ3n) is 4.55. The van der Waals surface area contributed by atoms with Gasteiger partial charge in [-0.2, -0.15) is 13.2 Å². The van der Waals surface area contributed by atoms with E-state index in [1.165, 1.54) is 0 Å². The van der Waals surface area contributed by atoms with Crippen molar-refractivity contribution in [1.82, 2.24) is 15.2 Å².